The monoisotopic (exact) mass is 444 g/mol. The summed E-state index contributed by atoms with van der Waals surface area (Å²) in [5.41, 5.74) is 1.82. The molecule has 2 atom stereocenters. The van der Waals surface area contributed by atoms with Gasteiger partial charge in [-0.3, -0.25) is 14.4 Å². The quantitative estimate of drug-likeness (QED) is 0.724. The van der Waals surface area contributed by atoms with E-state index in [0.29, 0.717) is 10.6 Å². The van der Waals surface area contributed by atoms with E-state index in [1.165, 1.54) is 4.88 Å². The molecular weight excluding hydrogens is 412 g/mol. The fraction of sp³-hybridized carbons (Fsp3) is 0.708. The maximum absolute atomic E-state index is 13.5. The van der Waals surface area contributed by atoms with Crippen LogP contribution in [0.1, 0.15) is 78.6 Å². The number of carboxylic acid groups (broad SMARTS) is 1. The molecule has 4 aliphatic carbocycles. The van der Waals surface area contributed by atoms with E-state index in [0.717, 1.165) is 89.3 Å². The number of hydrogen-bond donors (Lipinski definition) is 2. The number of likely N-dealkylation sites (tertiary alicyclic amines) is 1. The molecular formula is C24H32N2O4S. The molecule has 168 valence electrons. The second-order valence-electron chi connectivity index (χ2n) is 9.82. The van der Waals surface area contributed by atoms with Crippen LogP contribution < -0.4 is 5.32 Å². The van der Waals surface area contributed by atoms with E-state index in [9.17, 15) is 19.5 Å². The Morgan fingerprint density at radius 3 is 2.19 bits per heavy atom. The van der Waals surface area contributed by atoms with Crippen molar-refractivity contribution >= 4 is 34.1 Å². The third kappa shape index (κ3) is 3.79. The molecule has 0 radical (unpaired) electrons. The first-order valence-electron chi connectivity index (χ1n) is 12.0. The highest BCUT2D eigenvalue weighted by Crippen LogP contribution is 2.50. The standard InChI is InChI=1S/C24H32N2O4S/c27-21(18-14-8-10-15(11-9-14)19(18)24(29)30)25-22-20(16-6-2-3-7-17(16)31-22)23(28)26-12-4-1-5-13-26/h14-15,18-19H,1-13H2,(H,25,27)(H,29,30)/t14?,15?,18-,19-/m1/s1. The number of amides is 2. The van der Waals surface area contributed by atoms with E-state index < -0.39 is 17.8 Å². The number of carbonyl (C=O) groups excluding carboxylic acids is 2. The van der Waals surface area contributed by atoms with Gasteiger partial charge in [-0.25, -0.2) is 0 Å². The lowest BCUT2D eigenvalue weighted by Gasteiger charge is -2.45. The van der Waals surface area contributed by atoms with Crippen LogP contribution in [0, 0.1) is 23.7 Å². The van der Waals surface area contributed by atoms with Crippen LogP contribution in [0.15, 0.2) is 0 Å². The highest BCUT2D eigenvalue weighted by atomic mass is 32.1. The van der Waals surface area contributed by atoms with Crippen LogP contribution in [0.3, 0.4) is 0 Å². The number of thiophene rings is 1. The highest BCUT2D eigenvalue weighted by molar-refractivity contribution is 7.17. The van der Waals surface area contributed by atoms with Crippen LogP contribution in [0.5, 0.6) is 0 Å². The van der Waals surface area contributed by atoms with Gasteiger partial charge in [0.15, 0.2) is 0 Å². The summed E-state index contributed by atoms with van der Waals surface area (Å²) in [6.07, 6.45) is 11.0. The number of nitrogens with zero attached hydrogens (tertiary/aromatic N) is 1. The third-order valence-corrected chi connectivity index (χ3v) is 9.28. The van der Waals surface area contributed by atoms with Crippen molar-refractivity contribution in [2.24, 2.45) is 23.7 Å². The summed E-state index contributed by atoms with van der Waals surface area (Å²) in [5.74, 6) is -1.82. The van der Waals surface area contributed by atoms with Crippen molar-refractivity contribution in [1.82, 2.24) is 4.90 Å². The molecule has 7 heteroatoms. The second kappa shape index (κ2) is 8.57. The van der Waals surface area contributed by atoms with E-state index in [4.69, 9.17) is 0 Å². The first-order valence-corrected chi connectivity index (χ1v) is 12.8. The van der Waals surface area contributed by atoms with Crippen molar-refractivity contribution in [3.63, 3.8) is 0 Å². The fourth-order valence-electron chi connectivity index (χ4n) is 6.51. The van der Waals surface area contributed by atoms with Crippen LogP contribution in [0.2, 0.25) is 0 Å². The van der Waals surface area contributed by atoms with Gasteiger partial charge in [0.1, 0.15) is 5.00 Å². The van der Waals surface area contributed by atoms with E-state index in [1.807, 2.05) is 4.90 Å². The first kappa shape index (κ1) is 21.0. The Balaban J connectivity index is 1.44. The largest absolute Gasteiger partial charge is 0.481 e. The number of carboxylic acids is 1. The van der Waals surface area contributed by atoms with Gasteiger partial charge < -0.3 is 15.3 Å². The Bertz CT molecular complexity index is 880. The van der Waals surface area contributed by atoms with Crippen LogP contribution in [0.4, 0.5) is 5.00 Å². The van der Waals surface area contributed by atoms with E-state index in [2.05, 4.69) is 5.32 Å². The van der Waals surface area contributed by atoms with Crippen molar-refractivity contribution in [3.8, 4) is 0 Å². The number of piperidine rings is 1. The number of aliphatic carboxylic acids is 1. The van der Waals surface area contributed by atoms with E-state index >= 15 is 0 Å². The van der Waals surface area contributed by atoms with Gasteiger partial charge in [-0.1, -0.05) is 0 Å². The Morgan fingerprint density at radius 2 is 1.52 bits per heavy atom. The molecule has 2 bridgehead atoms. The number of nitrogens with one attached hydrogen (secondary N) is 1. The molecule has 4 fully saturated rings. The van der Waals surface area contributed by atoms with Gasteiger partial charge in [-0.2, -0.15) is 0 Å². The second-order valence-corrected chi connectivity index (χ2v) is 10.9. The summed E-state index contributed by atoms with van der Waals surface area (Å²) in [4.78, 5) is 42.1. The molecule has 5 aliphatic rings. The summed E-state index contributed by atoms with van der Waals surface area (Å²) in [7, 11) is 0. The molecule has 1 aromatic rings. The lowest BCUT2D eigenvalue weighted by molar-refractivity contribution is -0.156. The lowest BCUT2D eigenvalue weighted by atomic mass is 9.58. The Morgan fingerprint density at radius 1 is 0.871 bits per heavy atom. The number of anilines is 1. The zero-order chi connectivity index (χ0) is 21.5. The topological polar surface area (TPSA) is 86.7 Å². The Hall–Kier alpha value is -1.89. The number of hydrogen-bond acceptors (Lipinski definition) is 4. The van der Waals surface area contributed by atoms with Crippen molar-refractivity contribution < 1.29 is 19.5 Å². The van der Waals surface area contributed by atoms with Crippen molar-refractivity contribution in [3.05, 3.63) is 16.0 Å². The molecule has 2 amide bonds. The number of rotatable bonds is 4. The zero-order valence-electron chi connectivity index (χ0n) is 18.0. The maximum Gasteiger partial charge on any atom is 0.307 e. The average molecular weight is 445 g/mol. The summed E-state index contributed by atoms with van der Waals surface area (Å²) in [5, 5.41) is 13.6. The summed E-state index contributed by atoms with van der Waals surface area (Å²) < 4.78 is 0. The predicted octanol–water partition coefficient (Wildman–Crippen LogP) is 4.33. The van der Waals surface area contributed by atoms with Gasteiger partial charge >= 0.3 is 5.97 Å². The molecule has 0 spiro atoms. The maximum atomic E-state index is 13.5. The number of carbonyl (C=O) groups is 3. The first-order chi connectivity index (χ1) is 15.0. The molecule has 31 heavy (non-hydrogen) atoms. The van der Waals surface area contributed by atoms with E-state index in [1.54, 1.807) is 11.3 Å². The van der Waals surface area contributed by atoms with Gasteiger partial charge in [0.25, 0.3) is 5.91 Å². The number of fused-ring (bicyclic) bond motifs is 4. The Kier molecular flexibility index (Phi) is 5.80. The van der Waals surface area contributed by atoms with Gasteiger partial charge in [0.05, 0.1) is 17.4 Å². The lowest BCUT2D eigenvalue weighted by Crippen LogP contribution is -2.49. The fourth-order valence-corrected chi connectivity index (χ4v) is 7.80. The zero-order valence-corrected chi connectivity index (χ0v) is 18.8. The summed E-state index contributed by atoms with van der Waals surface area (Å²) in [6, 6.07) is 0. The van der Waals surface area contributed by atoms with Crippen molar-refractivity contribution in [2.45, 2.75) is 70.6 Å². The molecule has 1 saturated heterocycles. The van der Waals surface area contributed by atoms with Crippen molar-refractivity contribution in [1.29, 1.82) is 0 Å². The minimum absolute atomic E-state index is 0.0503. The van der Waals surface area contributed by atoms with Gasteiger partial charge in [0.2, 0.25) is 5.91 Å². The molecule has 6 rings (SSSR count). The molecule has 2 heterocycles. The predicted molar refractivity (Wildman–Crippen MR) is 119 cm³/mol. The summed E-state index contributed by atoms with van der Waals surface area (Å²) in [6.45, 7) is 1.56. The molecule has 0 unspecified atom stereocenters. The molecule has 2 N–H and O–H groups in total. The molecule has 1 aromatic heterocycles. The van der Waals surface area contributed by atoms with Crippen LogP contribution >= 0.6 is 11.3 Å². The smallest absolute Gasteiger partial charge is 0.307 e. The average Bonchev–Trinajstić information content (AvgIpc) is 3.16. The van der Waals surface area contributed by atoms with Gasteiger partial charge in [-0.15, -0.1) is 11.3 Å². The van der Waals surface area contributed by atoms with E-state index in [-0.39, 0.29) is 23.7 Å². The minimum Gasteiger partial charge on any atom is -0.481 e. The van der Waals surface area contributed by atoms with Crippen LogP contribution in [-0.4, -0.2) is 40.9 Å². The van der Waals surface area contributed by atoms with Crippen LogP contribution in [0.25, 0.3) is 0 Å². The normalized spacial score (nSPS) is 30.0. The van der Waals surface area contributed by atoms with Crippen LogP contribution in [-0.2, 0) is 22.4 Å². The molecule has 6 nitrogen and oxygen atoms in total. The summed E-state index contributed by atoms with van der Waals surface area (Å²) >= 11 is 1.55. The SMILES string of the molecule is O=C(O)[C@@H]1C2CCC(CC2)[C@H]1C(=O)Nc1sc2c(c1C(=O)N1CCCCC1)CCCC2. The Labute approximate surface area is 187 Å². The van der Waals surface area contributed by atoms with Crippen molar-refractivity contribution in [2.75, 3.05) is 18.4 Å². The molecule has 0 aromatic carbocycles. The molecule has 1 aliphatic heterocycles. The van der Waals surface area contributed by atoms with Gasteiger partial charge in [0, 0.05) is 18.0 Å². The molecule has 3 saturated carbocycles. The van der Waals surface area contributed by atoms with Gasteiger partial charge in [-0.05, 0) is 88.0 Å². The highest BCUT2D eigenvalue weighted by Gasteiger charge is 2.50. The third-order valence-electron chi connectivity index (χ3n) is 8.07. The minimum atomic E-state index is -0.843. The number of aryl methyl sites for hydroxylation is 1.